The zero-order valence-electron chi connectivity index (χ0n) is 11.0. The van der Waals surface area contributed by atoms with Gasteiger partial charge in [0.2, 0.25) is 0 Å². The number of carbonyl (C=O) groups is 1. The number of hydrogen-bond acceptors (Lipinski definition) is 2. The van der Waals surface area contributed by atoms with Gasteiger partial charge in [-0.2, -0.15) is 0 Å². The highest BCUT2D eigenvalue weighted by Gasteiger charge is 2.18. The minimum Gasteiger partial charge on any atom is -0.493 e. The van der Waals surface area contributed by atoms with Gasteiger partial charge in [0.1, 0.15) is 17.4 Å². The third-order valence-electron chi connectivity index (χ3n) is 2.77. The van der Waals surface area contributed by atoms with Crippen molar-refractivity contribution in [2.24, 2.45) is 0 Å². The number of rotatable bonds is 5. The van der Waals surface area contributed by atoms with Crippen LogP contribution < -0.4 is 4.74 Å². The number of carbonyl (C=O) groups excluding carboxylic acids is 1. The molecule has 0 unspecified atom stereocenters. The van der Waals surface area contributed by atoms with Gasteiger partial charge in [-0.1, -0.05) is 19.1 Å². The smallest absolute Gasteiger partial charge is 0.199 e. The van der Waals surface area contributed by atoms with Gasteiger partial charge in [-0.05, 0) is 36.8 Å². The van der Waals surface area contributed by atoms with Gasteiger partial charge in [-0.3, -0.25) is 4.79 Å². The van der Waals surface area contributed by atoms with Crippen LogP contribution in [0.1, 0.15) is 29.3 Å². The van der Waals surface area contributed by atoms with E-state index >= 15 is 0 Å². The zero-order valence-corrected chi connectivity index (χ0v) is 11.0. The summed E-state index contributed by atoms with van der Waals surface area (Å²) in [6.45, 7) is 2.40. The highest BCUT2D eigenvalue weighted by Crippen LogP contribution is 2.23. The van der Waals surface area contributed by atoms with Crippen LogP contribution in [0, 0.1) is 11.6 Å². The fraction of sp³-hybridized carbons (Fsp3) is 0.188. The minimum atomic E-state index is -0.748. The molecule has 0 atom stereocenters. The van der Waals surface area contributed by atoms with Crippen molar-refractivity contribution in [2.75, 3.05) is 6.61 Å². The van der Waals surface area contributed by atoms with E-state index in [9.17, 15) is 13.6 Å². The van der Waals surface area contributed by atoms with Crippen molar-refractivity contribution < 1.29 is 18.3 Å². The summed E-state index contributed by atoms with van der Waals surface area (Å²) in [4.78, 5) is 12.3. The Hall–Kier alpha value is -2.23. The van der Waals surface area contributed by atoms with Crippen molar-refractivity contribution in [1.82, 2.24) is 0 Å². The van der Waals surface area contributed by atoms with Gasteiger partial charge < -0.3 is 4.74 Å². The van der Waals surface area contributed by atoms with E-state index in [1.165, 1.54) is 6.07 Å². The monoisotopic (exact) mass is 276 g/mol. The second-order valence-electron chi connectivity index (χ2n) is 4.30. The molecule has 0 aromatic heterocycles. The first-order chi connectivity index (χ1) is 9.63. The molecule has 20 heavy (non-hydrogen) atoms. The van der Waals surface area contributed by atoms with E-state index in [4.69, 9.17) is 4.74 Å². The molecule has 0 fully saturated rings. The summed E-state index contributed by atoms with van der Waals surface area (Å²) in [5.41, 5.74) is -0.0667. The maximum Gasteiger partial charge on any atom is 0.199 e. The summed E-state index contributed by atoms with van der Waals surface area (Å²) in [5, 5.41) is 0. The van der Waals surface area contributed by atoms with Crippen LogP contribution in [-0.2, 0) is 0 Å². The van der Waals surface area contributed by atoms with Gasteiger partial charge in [0.05, 0.1) is 17.7 Å². The van der Waals surface area contributed by atoms with E-state index in [1.54, 1.807) is 18.2 Å². The molecule has 0 radical (unpaired) electrons. The second kappa shape index (κ2) is 6.28. The molecule has 0 saturated carbocycles. The van der Waals surface area contributed by atoms with Gasteiger partial charge in [-0.15, -0.1) is 0 Å². The Morgan fingerprint density at radius 3 is 2.60 bits per heavy atom. The van der Waals surface area contributed by atoms with Crippen LogP contribution in [0.15, 0.2) is 42.5 Å². The van der Waals surface area contributed by atoms with Crippen molar-refractivity contribution in [2.45, 2.75) is 13.3 Å². The maximum atomic E-state index is 13.7. The van der Waals surface area contributed by atoms with Gasteiger partial charge >= 0.3 is 0 Å². The molecule has 0 aliphatic rings. The Morgan fingerprint density at radius 2 is 1.85 bits per heavy atom. The highest BCUT2D eigenvalue weighted by atomic mass is 19.1. The average molecular weight is 276 g/mol. The molecule has 0 saturated heterocycles. The fourth-order valence-corrected chi connectivity index (χ4v) is 1.81. The maximum absolute atomic E-state index is 13.7. The molecule has 2 nitrogen and oxygen atoms in total. The van der Waals surface area contributed by atoms with E-state index in [0.29, 0.717) is 12.4 Å². The Morgan fingerprint density at radius 1 is 1.10 bits per heavy atom. The molecule has 0 aliphatic heterocycles. The van der Waals surface area contributed by atoms with Crippen LogP contribution in [0.4, 0.5) is 8.78 Å². The molecular weight excluding hydrogens is 262 g/mol. The standard InChI is InChI=1S/C16H14F2O2/c1-2-9-20-15-6-4-3-5-12(15)16(19)13-10-11(17)7-8-14(13)18/h3-8,10H,2,9H2,1H3. The quantitative estimate of drug-likeness (QED) is 0.772. The fourth-order valence-electron chi connectivity index (χ4n) is 1.81. The molecule has 104 valence electrons. The predicted molar refractivity (Wildman–Crippen MR) is 72.0 cm³/mol. The molecule has 0 N–H and O–H groups in total. The van der Waals surface area contributed by atoms with Crippen LogP contribution in [0.25, 0.3) is 0 Å². The van der Waals surface area contributed by atoms with Crippen LogP contribution in [0.5, 0.6) is 5.75 Å². The molecule has 0 heterocycles. The predicted octanol–water partition coefficient (Wildman–Crippen LogP) is 3.98. The SMILES string of the molecule is CCCOc1ccccc1C(=O)c1cc(F)ccc1F. The Balaban J connectivity index is 2.40. The molecule has 0 aliphatic carbocycles. The average Bonchev–Trinajstić information content (AvgIpc) is 2.47. The lowest BCUT2D eigenvalue weighted by Gasteiger charge is -2.10. The first kappa shape index (κ1) is 14.2. The number of halogens is 2. The van der Waals surface area contributed by atoms with Crippen molar-refractivity contribution in [1.29, 1.82) is 0 Å². The highest BCUT2D eigenvalue weighted by molar-refractivity contribution is 6.10. The summed E-state index contributed by atoms with van der Waals surface area (Å²) >= 11 is 0. The Bertz CT molecular complexity index is 624. The molecular formula is C16H14F2O2. The van der Waals surface area contributed by atoms with Crippen molar-refractivity contribution in [3.8, 4) is 5.75 Å². The van der Waals surface area contributed by atoms with Crippen LogP contribution in [0.3, 0.4) is 0 Å². The topological polar surface area (TPSA) is 26.3 Å². The van der Waals surface area contributed by atoms with E-state index in [-0.39, 0.29) is 11.1 Å². The first-order valence-electron chi connectivity index (χ1n) is 6.35. The summed E-state index contributed by atoms with van der Waals surface area (Å²) in [6, 6.07) is 9.38. The van der Waals surface area contributed by atoms with E-state index in [2.05, 4.69) is 0 Å². The molecule has 0 bridgehead atoms. The Labute approximate surface area is 116 Å². The number of ketones is 1. The van der Waals surface area contributed by atoms with Gasteiger partial charge in [0.15, 0.2) is 5.78 Å². The van der Waals surface area contributed by atoms with E-state index in [0.717, 1.165) is 24.6 Å². The lowest BCUT2D eigenvalue weighted by atomic mass is 10.0. The molecule has 0 amide bonds. The Kier molecular flexibility index (Phi) is 4.45. The van der Waals surface area contributed by atoms with Gasteiger partial charge in [0, 0.05) is 0 Å². The minimum absolute atomic E-state index is 0.227. The number of ether oxygens (including phenoxy) is 1. The number of hydrogen-bond donors (Lipinski definition) is 0. The summed E-state index contributed by atoms with van der Waals surface area (Å²) in [5.74, 6) is -1.61. The second-order valence-corrected chi connectivity index (χ2v) is 4.30. The normalized spacial score (nSPS) is 10.3. The summed E-state index contributed by atoms with van der Waals surface area (Å²) in [7, 11) is 0. The van der Waals surface area contributed by atoms with Crippen LogP contribution in [0.2, 0.25) is 0 Å². The van der Waals surface area contributed by atoms with Crippen molar-refractivity contribution in [3.63, 3.8) is 0 Å². The summed E-state index contributed by atoms with van der Waals surface area (Å²) < 4.78 is 32.3. The largest absolute Gasteiger partial charge is 0.493 e. The van der Waals surface area contributed by atoms with Crippen LogP contribution in [-0.4, -0.2) is 12.4 Å². The number of para-hydroxylation sites is 1. The van der Waals surface area contributed by atoms with E-state index < -0.39 is 17.4 Å². The number of benzene rings is 2. The van der Waals surface area contributed by atoms with Crippen molar-refractivity contribution >= 4 is 5.78 Å². The van der Waals surface area contributed by atoms with Crippen molar-refractivity contribution in [3.05, 3.63) is 65.2 Å². The zero-order chi connectivity index (χ0) is 14.5. The molecule has 0 spiro atoms. The summed E-state index contributed by atoms with van der Waals surface area (Å²) in [6.07, 6.45) is 0.789. The first-order valence-corrected chi connectivity index (χ1v) is 6.35. The third kappa shape index (κ3) is 3.02. The molecule has 2 rings (SSSR count). The molecule has 2 aromatic rings. The molecule has 2 aromatic carbocycles. The lowest BCUT2D eigenvalue weighted by Crippen LogP contribution is -2.08. The lowest BCUT2D eigenvalue weighted by molar-refractivity contribution is 0.103. The molecule has 4 heteroatoms. The van der Waals surface area contributed by atoms with Crippen LogP contribution >= 0.6 is 0 Å². The van der Waals surface area contributed by atoms with E-state index in [1.807, 2.05) is 6.92 Å². The third-order valence-corrected chi connectivity index (χ3v) is 2.77. The van der Waals surface area contributed by atoms with Gasteiger partial charge in [0.25, 0.3) is 0 Å². The van der Waals surface area contributed by atoms with Gasteiger partial charge in [-0.25, -0.2) is 8.78 Å².